The second-order valence-electron chi connectivity index (χ2n) is 7.29. The molecule has 0 spiro atoms. The molecule has 5 N–H and O–H groups in total. The number of unbranched alkanes of at least 4 members (excludes halogenated alkanes) is 12. The summed E-state index contributed by atoms with van der Waals surface area (Å²) in [6.45, 7) is 0. The Morgan fingerprint density at radius 2 is 1.36 bits per heavy atom. The highest BCUT2D eigenvalue weighted by atomic mass is 32.2. The molecular weight excluding hydrogens is 382 g/mol. The lowest BCUT2D eigenvalue weighted by Gasteiger charge is -2.05. The van der Waals surface area contributed by atoms with Crippen molar-refractivity contribution in [3.63, 3.8) is 0 Å². The van der Waals surface area contributed by atoms with Gasteiger partial charge in [0.2, 0.25) is 5.91 Å². The van der Waals surface area contributed by atoms with E-state index >= 15 is 0 Å². The number of sulfonamides is 1. The standard InChI is InChI=1S/C18H37N5O4S/c24-16-28(26,27)21-18(25)15-13-11-9-7-5-3-1-2-4-6-8-10-12-14-17-19-22-23-20-17/h22-24H,1-16H2,(H,19,20)(H,21,25). The van der Waals surface area contributed by atoms with Crippen LogP contribution < -0.4 is 21.2 Å². The van der Waals surface area contributed by atoms with Gasteiger partial charge in [-0.1, -0.05) is 70.6 Å². The molecule has 0 unspecified atom stereocenters. The SMILES string of the molecule is O=C(CCCCCCCCCCCCCCCC1=NNNN1)NS(=O)(=O)CO. The summed E-state index contributed by atoms with van der Waals surface area (Å²) in [6, 6.07) is 0. The van der Waals surface area contributed by atoms with E-state index in [1.54, 1.807) is 0 Å². The predicted octanol–water partition coefficient (Wildman–Crippen LogP) is 2.16. The second kappa shape index (κ2) is 15.5. The summed E-state index contributed by atoms with van der Waals surface area (Å²) in [5.74, 6) is -0.604. The number of carbonyl (C=O) groups excluding carboxylic acids is 1. The lowest BCUT2D eigenvalue weighted by molar-refractivity contribution is -0.119. The normalized spacial score (nSPS) is 13.7. The minimum Gasteiger partial charge on any atom is -0.378 e. The van der Waals surface area contributed by atoms with Crippen LogP contribution in [-0.2, 0) is 14.8 Å². The van der Waals surface area contributed by atoms with Crippen LogP contribution in [0.4, 0.5) is 0 Å². The first-order chi connectivity index (χ1) is 13.5. The number of aliphatic hydroxyl groups is 1. The van der Waals surface area contributed by atoms with Crippen LogP contribution in [-0.4, -0.2) is 31.2 Å². The van der Waals surface area contributed by atoms with E-state index in [-0.39, 0.29) is 6.42 Å². The third-order valence-electron chi connectivity index (χ3n) is 4.71. The highest BCUT2D eigenvalue weighted by Crippen LogP contribution is 2.13. The molecule has 0 aromatic carbocycles. The zero-order valence-corrected chi connectivity index (χ0v) is 17.7. The van der Waals surface area contributed by atoms with Crippen molar-refractivity contribution in [2.45, 2.75) is 96.3 Å². The fourth-order valence-electron chi connectivity index (χ4n) is 3.12. The Morgan fingerprint density at radius 3 is 1.82 bits per heavy atom. The molecule has 0 aromatic rings. The Hall–Kier alpha value is -1.39. The molecule has 0 fully saturated rings. The van der Waals surface area contributed by atoms with Crippen molar-refractivity contribution in [1.29, 1.82) is 0 Å². The summed E-state index contributed by atoms with van der Waals surface area (Å²) < 4.78 is 23.9. The topological polar surface area (TPSA) is 132 Å². The van der Waals surface area contributed by atoms with E-state index < -0.39 is 21.9 Å². The minimum atomic E-state index is -3.85. The quantitative estimate of drug-likeness (QED) is 0.215. The van der Waals surface area contributed by atoms with Crippen molar-refractivity contribution in [2.24, 2.45) is 5.10 Å². The van der Waals surface area contributed by atoms with E-state index in [0.717, 1.165) is 31.5 Å². The molecule has 0 aliphatic carbocycles. The van der Waals surface area contributed by atoms with Gasteiger partial charge in [-0.25, -0.2) is 14.0 Å². The van der Waals surface area contributed by atoms with Crippen LogP contribution in [0.5, 0.6) is 0 Å². The summed E-state index contributed by atoms with van der Waals surface area (Å²) in [7, 11) is -3.85. The monoisotopic (exact) mass is 419 g/mol. The number of hydrazine groups is 2. The van der Waals surface area contributed by atoms with Crippen LogP contribution in [0.3, 0.4) is 0 Å². The summed E-state index contributed by atoms with van der Waals surface area (Å²) in [5, 5.41) is 12.6. The molecule has 0 saturated carbocycles. The highest BCUT2D eigenvalue weighted by Gasteiger charge is 2.12. The summed E-state index contributed by atoms with van der Waals surface area (Å²) in [5.41, 5.74) is 8.37. The second-order valence-corrected chi connectivity index (χ2v) is 8.98. The number of carbonyl (C=O) groups is 1. The van der Waals surface area contributed by atoms with Crippen molar-refractivity contribution < 1.29 is 18.3 Å². The van der Waals surface area contributed by atoms with E-state index in [2.05, 4.69) is 21.6 Å². The molecule has 0 radical (unpaired) electrons. The van der Waals surface area contributed by atoms with E-state index in [0.29, 0.717) is 6.42 Å². The van der Waals surface area contributed by atoms with Crippen LogP contribution in [0.1, 0.15) is 96.3 Å². The molecule has 1 heterocycles. The lowest BCUT2D eigenvalue weighted by Crippen LogP contribution is -2.34. The van der Waals surface area contributed by atoms with Gasteiger partial charge in [-0.05, 0) is 12.8 Å². The first-order valence-electron chi connectivity index (χ1n) is 10.5. The van der Waals surface area contributed by atoms with Gasteiger partial charge in [-0.15, -0.1) is 10.6 Å². The van der Waals surface area contributed by atoms with Gasteiger partial charge in [-0.3, -0.25) is 14.9 Å². The molecule has 0 bridgehead atoms. The fourth-order valence-corrected chi connectivity index (χ4v) is 3.63. The number of amidine groups is 1. The number of aliphatic hydroxyl groups excluding tert-OH is 1. The average Bonchev–Trinajstić information content (AvgIpc) is 3.18. The van der Waals surface area contributed by atoms with E-state index in [1.807, 2.05) is 4.72 Å². The van der Waals surface area contributed by atoms with Gasteiger partial charge in [0.05, 0.1) is 0 Å². The number of hydrogen-bond donors (Lipinski definition) is 5. The van der Waals surface area contributed by atoms with Crippen molar-refractivity contribution in [3.8, 4) is 0 Å². The molecule has 164 valence electrons. The number of amides is 1. The maximum absolute atomic E-state index is 11.4. The smallest absolute Gasteiger partial charge is 0.258 e. The third kappa shape index (κ3) is 13.7. The van der Waals surface area contributed by atoms with Gasteiger partial charge >= 0.3 is 0 Å². The summed E-state index contributed by atoms with van der Waals surface area (Å²) in [6.07, 6.45) is 16.5. The Labute approximate surface area is 169 Å². The number of nitrogens with zero attached hydrogens (tertiary/aromatic N) is 1. The van der Waals surface area contributed by atoms with Crippen LogP contribution in [0.25, 0.3) is 0 Å². The molecule has 1 rings (SSSR count). The van der Waals surface area contributed by atoms with Crippen molar-refractivity contribution in [1.82, 2.24) is 21.2 Å². The maximum atomic E-state index is 11.4. The van der Waals surface area contributed by atoms with Crippen molar-refractivity contribution in [3.05, 3.63) is 0 Å². The molecule has 10 heteroatoms. The summed E-state index contributed by atoms with van der Waals surface area (Å²) in [4.78, 5) is 11.4. The first kappa shape index (κ1) is 24.6. The van der Waals surface area contributed by atoms with Gasteiger partial charge in [0, 0.05) is 12.8 Å². The van der Waals surface area contributed by atoms with Gasteiger partial charge in [-0.2, -0.15) is 0 Å². The zero-order valence-electron chi connectivity index (χ0n) is 16.8. The highest BCUT2D eigenvalue weighted by molar-refractivity contribution is 7.89. The maximum Gasteiger partial charge on any atom is 0.258 e. The molecule has 9 nitrogen and oxygen atoms in total. The Kier molecular flexibility index (Phi) is 13.7. The van der Waals surface area contributed by atoms with E-state index in [4.69, 9.17) is 5.11 Å². The van der Waals surface area contributed by atoms with Gasteiger partial charge in [0.1, 0.15) is 5.84 Å². The van der Waals surface area contributed by atoms with Crippen LogP contribution in [0, 0.1) is 0 Å². The van der Waals surface area contributed by atoms with Crippen LogP contribution in [0.15, 0.2) is 5.10 Å². The molecule has 28 heavy (non-hydrogen) atoms. The largest absolute Gasteiger partial charge is 0.378 e. The van der Waals surface area contributed by atoms with Gasteiger partial charge in [0.15, 0.2) is 5.94 Å². The summed E-state index contributed by atoms with van der Waals surface area (Å²) >= 11 is 0. The molecule has 1 aliphatic heterocycles. The van der Waals surface area contributed by atoms with E-state index in [9.17, 15) is 13.2 Å². The van der Waals surface area contributed by atoms with E-state index in [1.165, 1.54) is 57.8 Å². The Bertz CT molecular complexity index is 554. The molecule has 1 amide bonds. The average molecular weight is 420 g/mol. The zero-order chi connectivity index (χ0) is 20.5. The third-order valence-corrected chi connectivity index (χ3v) is 5.59. The molecule has 1 aliphatic rings. The number of hydrogen-bond acceptors (Lipinski definition) is 8. The molecular formula is C18H37N5O4S. The molecule has 0 saturated heterocycles. The number of hydrazone groups is 1. The molecule has 0 aromatic heterocycles. The Morgan fingerprint density at radius 1 is 0.857 bits per heavy atom. The first-order valence-corrected chi connectivity index (χ1v) is 12.2. The molecule has 0 atom stereocenters. The van der Waals surface area contributed by atoms with Crippen LogP contribution >= 0.6 is 0 Å². The minimum absolute atomic E-state index is 0.192. The van der Waals surface area contributed by atoms with Gasteiger partial charge in [0.25, 0.3) is 10.0 Å². The van der Waals surface area contributed by atoms with Crippen molar-refractivity contribution in [2.75, 3.05) is 5.94 Å². The van der Waals surface area contributed by atoms with Crippen molar-refractivity contribution >= 4 is 21.8 Å². The van der Waals surface area contributed by atoms with Gasteiger partial charge < -0.3 is 5.11 Å². The lowest BCUT2D eigenvalue weighted by atomic mass is 10.0. The van der Waals surface area contributed by atoms with Crippen LogP contribution in [0.2, 0.25) is 0 Å². The predicted molar refractivity (Wildman–Crippen MR) is 110 cm³/mol. The fraction of sp³-hybridized carbons (Fsp3) is 0.889. The Balaban J connectivity index is 1.75. The number of rotatable bonds is 18. The number of nitrogens with one attached hydrogen (secondary N) is 4.